The smallest absolute Gasteiger partial charge is 0.407 e. The number of hydrogen-bond donors (Lipinski definition) is 1. The zero-order valence-corrected chi connectivity index (χ0v) is 15.7. The number of carbonyl (C=O) groups excluding carboxylic acids is 1. The van der Waals surface area contributed by atoms with Crippen molar-refractivity contribution in [2.75, 3.05) is 14.1 Å². The summed E-state index contributed by atoms with van der Waals surface area (Å²) in [5.74, 6) is 0. The molecule has 24 heavy (non-hydrogen) atoms. The van der Waals surface area contributed by atoms with Crippen molar-refractivity contribution in [3.05, 3.63) is 42.0 Å². The largest absolute Gasteiger partial charge is 0.444 e. The summed E-state index contributed by atoms with van der Waals surface area (Å²) in [5.41, 5.74) is 1.92. The monoisotopic (exact) mass is 330 g/mol. The van der Waals surface area contributed by atoms with Crippen LogP contribution in [0.4, 0.5) is 4.79 Å². The summed E-state index contributed by atoms with van der Waals surface area (Å²) in [6.45, 7) is 7.84. The Hall–Kier alpha value is -1.81. The summed E-state index contributed by atoms with van der Waals surface area (Å²) in [7, 11) is 4.13. The lowest BCUT2D eigenvalue weighted by Crippen LogP contribution is -2.59. The van der Waals surface area contributed by atoms with Crippen LogP contribution >= 0.6 is 0 Å². The molecule has 132 valence electrons. The van der Waals surface area contributed by atoms with Gasteiger partial charge in [-0.2, -0.15) is 0 Å². The fraction of sp³-hybridized carbons (Fsp3) is 0.550. The number of amides is 1. The predicted octanol–water partition coefficient (Wildman–Crippen LogP) is 4.08. The minimum absolute atomic E-state index is 0.00909. The van der Waals surface area contributed by atoms with Gasteiger partial charge in [0.05, 0.1) is 6.04 Å². The molecule has 1 aliphatic rings. The van der Waals surface area contributed by atoms with Crippen molar-refractivity contribution in [2.45, 2.75) is 57.7 Å². The molecule has 4 nitrogen and oxygen atoms in total. The summed E-state index contributed by atoms with van der Waals surface area (Å²) in [4.78, 5) is 14.4. The van der Waals surface area contributed by atoms with Gasteiger partial charge in [-0.1, -0.05) is 36.4 Å². The van der Waals surface area contributed by atoms with E-state index in [0.717, 1.165) is 12.8 Å². The van der Waals surface area contributed by atoms with Gasteiger partial charge in [-0.05, 0) is 65.8 Å². The van der Waals surface area contributed by atoms with E-state index in [2.05, 4.69) is 61.6 Å². The zero-order chi connectivity index (χ0) is 18.0. The molecule has 0 spiro atoms. The highest BCUT2D eigenvalue weighted by molar-refractivity contribution is 5.71. The van der Waals surface area contributed by atoms with E-state index in [1.54, 1.807) is 0 Å². The fourth-order valence-electron chi connectivity index (χ4n) is 3.10. The first kappa shape index (κ1) is 18.5. The Balaban J connectivity index is 2.20. The van der Waals surface area contributed by atoms with E-state index in [-0.39, 0.29) is 17.7 Å². The van der Waals surface area contributed by atoms with E-state index < -0.39 is 5.60 Å². The molecule has 0 aromatic heterocycles. The van der Waals surface area contributed by atoms with Crippen LogP contribution in [0.3, 0.4) is 0 Å². The van der Waals surface area contributed by atoms with Gasteiger partial charge >= 0.3 is 6.09 Å². The molecule has 0 heterocycles. The second kappa shape index (κ2) is 6.98. The summed E-state index contributed by atoms with van der Waals surface area (Å²) < 4.78 is 5.44. The van der Waals surface area contributed by atoms with Crippen molar-refractivity contribution >= 4 is 11.7 Å². The van der Waals surface area contributed by atoms with E-state index in [0.29, 0.717) is 0 Å². The van der Waals surface area contributed by atoms with Gasteiger partial charge in [-0.15, -0.1) is 0 Å². The highest BCUT2D eigenvalue weighted by Gasteiger charge is 2.40. The Labute approximate surface area is 145 Å². The van der Waals surface area contributed by atoms with Gasteiger partial charge in [0.15, 0.2) is 0 Å². The number of carbonyl (C=O) groups is 1. The van der Waals surface area contributed by atoms with Gasteiger partial charge in [0.2, 0.25) is 0 Å². The molecule has 2 rings (SSSR count). The van der Waals surface area contributed by atoms with Crippen molar-refractivity contribution in [3.63, 3.8) is 0 Å². The predicted molar refractivity (Wildman–Crippen MR) is 98.9 cm³/mol. The van der Waals surface area contributed by atoms with Gasteiger partial charge in [-0.3, -0.25) is 0 Å². The average Bonchev–Trinajstić information content (AvgIpc) is 2.48. The number of benzene rings is 1. The van der Waals surface area contributed by atoms with Crippen molar-refractivity contribution in [1.82, 2.24) is 10.2 Å². The number of alkyl carbamates (subject to hydrolysis) is 1. The maximum Gasteiger partial charge on any atom is 0.407 e. The van der Waals surface area contributed by atoms with Crippen molar-refractivity contribution in [3.8, 4) is 0 Å². The molecule has 0 fully saturated rings. The van der Waals surface area contributed by atoms with Gasteiger partial charge in [0, 0.05) is 5.54 Å². The van der Waals surface area contributed by atoms with Crippen LogP contribution in [0.5, 0.6) is 0 Å². The van der Waals surface area contributed by atoms with Crippen molar-refractivity contribution in [2.24, 2.45) is 0 Å². The molecule has 0 saturated carbocycles. The van der Waals surface area contributed by atoms with Gasteiger partial charge < -0.3 is 15.0 Å². The van der Waals surface area contributed by atoms with Crippen LogP contribution < -0.4 is 5.32 Å². The Morgan fingerprint density at radius 1 is 1.25 bits per heavy atom. The molecule has 2 atom stereocenters. The average molecular weight is 330 g/mol. The van der Waals surface area contributed by atoms with Gasteiger partial charge in [-0.25, -0.2) is 4.79 Å². The lowest BCUT2D eigenvalue weighted by Gasteiger charge is -2.46. The van der Waals surface area contributed by atoms with Crippen molar-refractivity contribution in [1.29, 1.82) is 0 Å². The van der Waals surface area contributed by atoms with Crippen LogP contribution in [0.2, 0.25) is 0 Å². The minimum Gasteiger partial charge on any atom is -0.444 e. The second-order valence-electron chi connectivity index (χ2n) is 7.96. The molecule has 1 aromatic rings. The fourth-order valence-corrected chi connectivity index (χ4v) is 3.10. The Bertz CT molecular complexity index is 602. The maximum atomic E-state index is 12.2. The zero-order valence-electron chi connectivity index (χ0n) is 15.7. The third kappa shape index (κ3) is 4.38. The Kier molecular flexibility index (Phi) is 5.38. The number of hydrogen-bond acceptors (Lipinski definition) is 3. The number of nitrogens with zero attached hydrogens (tertiary/aromatic N) is 1. The molecule has 4 heteroatoms. The lowest BCUT2D eigenvalue weighted by atomic mass is 9.76. The number of nitrogens with one attached hydrogen (secondary N) is 1. The molecule has 0 bridgehead atoms. The highest BCUT2D eigenvalue weighted by Crippen LogP contribution is 2.37. The topological polar surface area (TPSA) is 41.6 Å². The molecule has 1 N–H and O–H groups in total. The van der Waals surface area contributed by atoms with Crippen LogP contribution in [0.1, 0.15) is 46.1 Å². The third-order valence-electron chi connectivity index (χ3n) is 4.76. The van der Waals surface area contributed by atoms with E-state index in [9.17, 15) is 4.79 Å². The SMILES string of the molecule is CN(C)[C@@]1(C)CC(c2ccccc2)=CC[C@@H]1NC(=O)OC(C)(C)C. The van der Waals surface area contributed by atoms with E-state index in [4.69, 9.17) is 4.74 Å². The molecule has 1 aromatic carbocycles. The lowest BCUT2D eigenvalue weighted by molar-refractivity contribution is 0.0404. The van der Waals surface area contributed by atoms with Crippen LogP contribution in [0.25, 0.3) is 5.57 Å². The molecule has 0 aliphatic heterocycles. The Morgan fingerprint density at radius 3 is 2.42 bits per heavy atom. The molecular weight excluding hydrogens is 300 g/mol. The first-order chi connectivity index (χ1) is 11.1. The van der Waals surface area contributed by atoms with E-state index >= 15 is 0 Å². The minimum atomic E-state index is -0.488. The molecule has 0 radical (unpaired) electrons. The first-order valence-corrected chi connectivity index (χ1v) is 8.53. The first-order valence-electron chi connectivity index (χ1n) is 8.53. The van der Waals surface area contributed by atoms with E-state index in [1.165, 1.54) is 11.1 Å². The molecule has 1 aliphatic carbocycles. The third-order valence-corrected chi connectivity index (χ3v) is 4.76. The summed E-state index contributed by atoms with van der Waals surface area (Å²) >= 11 is 0. The number of rotatable bonds is 3. The molecule has 0 unspecified atom stereocenters. The summed E-state index contributed by atoms with van der Waals surface area (Å²) in [6, 6.07) is 10.5. The molecule has 1 amide bonds. The van der Waals surface area contributed by atoms with Gasteiger partial charge in [0.25, 0.3) is 0 Å². The highest BCUT2D eigenvalue weighted by atomic mass is 16.6. The molecule has 0 saturated heterocycles. The maximum absolute atomic E-state index is 12.2. The Morgan fingerprint density at radius 2 is 1.88 bits per heavy atom. The van der Waals surface area contributed by atoms with Crippen LogP contribution in [0, 0.1) is 0 Å². The van der Waals surface area contributed by atoms with E-state index in [1.807, 2.05) is 26.8 Å². The molecular formula is C20H30N2O2. The number of ether oxygens (including phenoxy) is 1. The van der Waals surface area contributed by atoms with Crippen LogP contribution in [-0.2, 0) is 4.74 Å². The standard InChI is InChI=1S/C20H30N2O2/c1-19(2,3)24-18(23)21-17-13-12-16(14-20(17,4)22(5)6)15-10-8-7-9-11-15/h7-12,17H,13-14H2,1-6H3,(H,21,23)/t17-,20-/m0/s1. The van der Waals surface area contributed by atoms with Crippen molar-refractivity contribution < 1.29 is 9.53 Å². The summed E-state index contributed by atoms with van der Waals surface area (Å²) in [5, 5.41) is 3.07. The van der Waals surface area contributed by atoms with Crippen LogP contribution in [-0.4, -0.2) is 42.3 Å². The summed E-state index contributed by atoms with van der Waals surface area (Å²) in [6.07, 6.45) is 3.56. The second-order valence-corrected chi connectivity index (χ2v) is 7.96. The normalized spacial score (nSPS) is 24.5. The quantitative estimate of drug-likeness (QED) is 0.908. The van der Waals surface area contributed by atoms with Crippen LogP contribution in [0.15, 0.2) is 36.4 Å². The van der Waals surface area contributed by atoms with Gasteiger partial charge in [0.1, 0.15) is 5.60 Å². The number of likely N-dealkylation sites (N-methyl/N-ethyl adjacent to an activating group) is 1.